The van der Waals surface area contributed by atoms with Gasteiger partial charge in [0.15, 0.2) is 0 Å². The predicted molar refractivity (Wildman–Crippen MR) is 47.6 cm³/mol. The van der Waals surface area contributed by atoms with Gasteiger partial charge in [-0.25, -0.2) is 0 Å². The Hall–Kier alpha value is -1.86. The van der Waals surface area contributed by atoms with Crippen LogP contribution in [0, 0.1) is 15.9 Å². The fourth-order valence-corrected chi connectivity index (χ4v) is 1.04. The Kier molecular flexibility index (Phi) is 3.31. The predicted octanol–water partition coefficient (Wildman–Crippen LogP) is 2.71. The Morgan fingerprint density at radius 3 is 2.50 bits per heavy atom. The number of nitro groups is 1. The number of nitrogens with zero attached hydrogens (tertiary/aromatic N) is 1. The number of anilines is 1. The minimum atomic E-state index is -4.53. The molecule has 16 heavy (non-hydrogen) atoms. The van der Waals surface area contributed by atoms with Crippen LogP contribution in [-0.4, -0.2) is 17.6 Å². The topological polar surface area (TPSA) is 55.2 Å². The Morgan fingerprint density at radius 1 is 1.38 bits per heavy atom. The first-order valence-corrected chi connectivity index (χ1v) is 4.05. The number of alkyl halides is 3. The lowest BCUT2D eigenvalue weighted by atomic mass is 10.2. The van der Waals surface area contributed by atoms with Gasteiger partial charge in [0.05, 0.1) is 4.92 Å². The van der Waals surface area contributed by atoms with Gasteiger partial charge in [-0.1, -0.05) is 6.07 Å². The molecule has 0 fully saturated rings. The zero-order valence-corrected chi connectivity index (χ0v) is 7.71. The summed E-state index contributed by atoms with van der Waals surface area (Å²) in [5, 5.41) is 12.2. The third-order valence-electron chi connectivity index (χ3n) is 1.65. The maximum Gasteiger partial charge on any atom is 0.405 e. The van der Waals surface area contributed by atoms with Gasteiger partial charge in [0.2, 0.25) is 5.82 Å². The van der Waals surface area contributed by atoms with E-state index >= 15 is 0 Å². The highest BCUT2D eigenvalue weighted by Crippen LogP contribution is 2.28. The number of benzene rings is 1. The third-order valence-corrected chi connectivity index (χ3v) is 1.65. The quantitative estimate of drug-likeness (QED) is 0.500. The molecular formula is C8H6F4N2O2. The van der Waals surface area contributed by atoms with Gasteiger partial charge in [0.1, 0.15) is 12.2 Å². The van der Waals surface area contributed by atoms with E-state index in [0.717, 1.165) is 18.2 Å². The van der Waals surface area contributed by atoms with Crippen LogP contribution in [0.1, 0.15) is 0 Å². The van der Waals surface area contributed by atoms with E-state index in [-0.39, 0.29) is 0 Å². The Labute approximate surface area is 87.0 Å². The van der Waals surface area contributed by atoms with Crippen LogP contribution in [0.5, 0.6) is 0 Å². The highest BCUT2D eigenvalue weighted by molar-refractivity contribution is 5.61. The molecule has 0 heterocycles. The molecule has 0 bridgehead atoms. The maximum absolute atomic E-state index is 13.0. The molecule has 8 heteroatoms. The number of rotatable bonds is 3. The molecule has 0 saturated heterocycles. The van der Waals surface area contributed by atoms with Crippen LogP contribution in [0.2, 0.25) is 0 Å². The minimum Gasteiger partial charge on any atom is -0.371 e. The summed E-state index contributed by atoms with van der Waals surface area (Å²) < 4.78 is 48.5. The second kappa shape index (κ2) is 4.33. The Bertz CT molecular complexity index is 406. The normalized spacial score (nSPS) is 11.2. The van der Waals surface area contributed by atoms with E-state index in [1.807, 2.05) is 0 Å². The van der Waals surface area contributed by atoms with E-state index in [2.05, 4.69) is 0 Å². The second-order valence-electron chi connectivity index (χ2n) is 2.86. The molecule has 0 saturated carbocycles. The van der Waals surface area contributed by atoms with E-state index in [1.54, 1.807) is 5.32 Å². The van der Waals surface area contributed by atoms with Gasteiger partial charge in [-0.3, -0.25) is 10.1 Å². The number of para-hydroxylation sites is 1. The molecule has 0 spiro atoms. The molecule has 4 nitrogen and oxygen atoms in total. The Balaban J connectivity index is 2.96. The van der Waals surface area contributed by atoms with Crippen molar-refractivity contribution in [3.05, 3.63) is 34.1 Å². The molecule has 0 amide bonds. The average Bonchev–Trinajstić information content (AvgIpc) is 2.12. The molecule has 0 radical (unpaired) electrons. The van der Waals surface area contributed by atoms with E-state index in [9.17, 15) is 27.7 Å². The number of hydrogen-bond acceptors (Lipinski definition) is 3. The van der Waals surface area contributed by atoms with Crippen molar-refractivity contribution < 1.29 is 22.5 Å². The Morgan fingerprint density at radius 2 is 2.00 bits per heavy atom. The van der Waals surface area contributed by atoms with Crippen molar-refractivity contribution in [2.75, 3.05) is 11.9 Å². The summed E-state index contributed by atoms with van der Waals surface area (Å²) in [4.78, 5) is 9.34. The smallest absolute Gasteiger partial charge is 0.371 e. The van der Waals surface area contributed by atoms with E-state index in [1.165, 1.54) is 0 Å². The summed E-state index contributed by atoms with van der Waals surface area (Å²) in [6.45, 7) is -1.46. The van der Waals surface area contributed by atoms with Crippen LogP contribution in [-0.2, 0) is 0 Å². The molecule has 0 atom stereocenters. The van der Waals surface area contributed by atoms with Gasteiger partial charge in [-0.2, -0.15) is 17.6 Å². The van der Waals surface area contributed by atoms with Gasteiger partial charge in [-0.05, 0) is 12.1 Å². The SMILES string of the molecule is O=[N+]([O-])c1c(F)cccc1NCC(F)(F)F. The lowest BCUT2D eigenvalue weighted by Crippen LogP contribution is -2.21. The molecule has 1 aromatic rings. The molecule has 88 valence electrons. The monoisotopic (exact) mass is 238 g/mol. The van der Waals surface area contributed by atoms with E-state index in [0.29, 0.717) is 0 Å². The molecule has 1 rings (SSSR count). The molecular weight excluding hydrogens is 232 g/mol. The van der Waals surface area contributed by atoms with Gasteiger partial charge in [0.25, 0.3) is 0 Å². The first-order valence-electron chi connectivity index (χ1n) is 4.05. The zero-order chi connectivity index (χ0) is 12.3. The standard InChI is InChI=1S/C8H6F4N2O2/c9-5-2-1-3-6(7(5)14(15)16)13-4-8(10,11)12/h1-3,13H,4H2. The van der Waals surface area contributed by atoms with Crippen LogP contribution in [0.15, 0.2) is 18.2 Å². The molecule has 0 unspecified atom stereocenters. The number of halogens is 4. The van der Waals surface area contributed by atoms with Crippen molar-refractivity contribution in [1.29, 1.82) is 0 Å². The summed E-state index contributed by atoms with van der Waals surface area (Å²) in [7, 11) is 0. The van der Waals surface area contributed by atoms with Gasteiger partial charge in [-0.15, -0.1) is 0 Å². The zero-order valence-electron chi connectivity index (χ0n) is 7.71. The minimum absolute atomic E-state index is 0.498. The van der Waals surface area contributed by atoms with E-state index < -0.39 is 34.8 Å². The lowest BCUT2D eigenvalue weighted by molar-refractivity contribution is -0.386. The van der Waals surface area contributed by atoms with Gasteiger partial charge >= 0.3 is 11.9 Å². The van der Waals surface area contributed by atoms with E-state index in [4.69, 9.17) is 0 Å². The van der Waals surface area contributed by atoms with Gasteiger partial charge in [0, 0.05) is 0 Å². The van der Waals surface area contributed by atoms with Crippen LogP contribution in [0.25, 0.3) is 0 Å². The summed E-state index contributed by atoms with van der Waals surface area (Å²) in [6.07, 6.45) is -4.53. The summed E-state index contributed by atoms with van der Waals surface area (Å²) in [5.74, 6) is -1.18. The summed E-state index contributed by atoms with van der Waals surface area (Å²) >= 11 is 0. The first-order chi connectivity index (χ1) is 7.31. The fourth-order valence-electron chi connectivity index (χ4n) is 1.04. The van der Waals surface area contributed by atoms with Crippen molar-refractivity contribution in [3.63, 3.8) is 0 Å². The largest absolute Gasteiger partial charge is 0.405 e. The number of nitrogens with one attached hydrogen (secondary N) is 1. The second-order valence-corrected chi connectivity index (χ2v) is 2.86. The van der Waals surface area contributed by atoms with Crippen LogP contribution in [0.4, 0.5) is 28.9 Å². The highest BCUT2D eigenvalue weighted by Gasteiger charge is 2.29. The molecule has 0 aromatic heterocycles. The van der Waals surface area contributed by atoms with Crippen molar-refractivity contribution >= 4 is 11.4 Å². The molecule has 0 aliphatic carbocycles. The fraction of sp³-hybridized carbons (Fsp3) is 0.250. The van der Waals surface area contributed by atoms with Crippen molar-refractivity contribution in [2.24, 2.45) is 0 Å². The summed E-state index contributed by atoms with van der Waals surface area (Å²) in [6, 6.07) is 2.89. The van der Waals surface area contributed by atoms with Crippen molar-refractivity contribution in [2.45, 2.75) is 6.18 Å². The van der Waals surface area contributed by atoms with Crippen molar-refractivity contribution in [3.8, 4) is 0 Å². The lowest BCUT2D eigenvalue weighted by Gasteiger charge is -2.09. The van der Waals surface area contributed by atoms with Gasteiger partial charge < -0.3 is 5.32 Å². The molecule has 1 aromatic carbocycles. The van der Waals surface area contributed by atoms with Crippen LogP contribution in [0.3, 0.4) is 0 Å². The first kappa shape index (κ1) is 12.2. The molecule has 0 aliphatic heterocycles. The number of nitro benzene ring substituents is 1. The van der Waals surface area contributed by atoms with Crippen LogP contribution < -0.4 is 5.32 Å². The van der Waals surface area contributed by atoms with Crippen molar-refractivity contribution in [1.82, 2.24) is 0 Å². The molecule has 0 aliphatic rings. The summed E-state index contributed by atoms with van der Waals surface area (Å²) in [5.41, 5.74) is -1.49. The van der Waals surface area contributed by atoms with Crippen LogP contribution >= 0.6 is 0 Å². The third kappa shape index (κ3) is 3.07. The average molecular weight is 238 g/mol. The highest BCUT2D eigenvalue weighted by atomic mass is 19.4. The molecule has 1 N–H and O–H groups in total. The maximum atomic E-state index is 13.0. The number of hydrogen-bond donors (Lipinski definition) is 1.